The van der Waals surface area contributed by atoms with Crippen LogP contribution >= 0.6 is 0 Å². The van der Waals surface area contributed by atoms with Gasteiger partial charge in [0.25, 0.3) is 0 Å². The van der Waals surface area contributed by atoms with Crippen LogP contribution in [0.25, 0.3) is 0 Å². The smallest absolute Gasteiger partial charge is 0.223 e. The number of amides is 1. The lowest BCUT2D eigenvalue weighted by Gasteiger charge is -2.37. The summed E-state index contributed by atoms with van der Waals surface area (Å²) >= 11 is 0. The average Bonchev–Trinajstić information content (AvgIpc) is 2.37. The Morgan fingerprint density at radius 3 is 2.44 bits per heavy atom. The molecule has 0 spiro atoms. The van der Waals surface area contributed by atoms with Crippen molar-refractivity contribution in [3.8, 4) is 0 Å². The van der Waals surface area contributed by atoms with Gasteiger partial charge in [-0.3, -0.25) is 9.69 Å². The van der Waals surface area contributed by atoms with Crippen LogP contribution in [-0.4, -0.2) is 55.5 Å². The van der Waals surface area contributed by atoms with E-state index in [-0.39, 0.29) is 11.9 Å². The minimum absolute atomic E-state index is 0.182. The van der Waals surface area contributed by atoms with Crippen molar-refractivity contribution in [2.24, 2.45) is 11.7 Å². The molecular formula is C14H29N3O. The van der Waals surface area contributed by atoms with E-state index in [4.69, 9.17) is 5.73 Å². The second-order valence-corrected chi connectivity index (χ2v) is 5.65. The van der Waals surface area contributed by atoms with Gasteiger partial charge in [-0.25, -0.2) is 0 Å². The highest BCUT2D eigenvalue weighted by Crippen LogP contribution is 2.23. The Balaban J connectivity index is 2.40. The number of piperidine rings is 1. The van der Waals surface area contributed by atoms with Crippen molar-refractivity contribution in [2.45, 2.75) is 45.1 Å². The molecule has 0 saturated carbocycles. The number of nitrogens with zero attached hydrogens (tertiary/aromatic N) is 2. The molecule has 106 valence electrons. The molecule has 1 rings (SSSR count). The molecule has 1 saturated heterocycles. The summed E-state index contributed by atoms with van der Waals surface area (Å²) in [6, 6.07) is 0.225. The molecule has 0 aromatic heterocycles. The van der Waals surface area contributed by atoms with Crippen LogP contribution in [0.3, 0.4) is 0 Å². The Kier molecular flexibility index (Phi) is 6.65. The molecule has 1 aliphatic rings. The number of hydrogen-bond acceptors (Lipinski definition) is 3. The monoisotopic (exact) mass is 255 g/mol. The van der Waals surface area contributed by atoms with E-state index in [1.165, 1.54) is 25.7 Å². The van der Waals surface area contributed by atoms with E-state index in [0.717, 1.165) is 19.0 Å². The van der Waals surface area contributed by atoms with E-state index in [0.29, 0.717) is 13.0 Å². The predicted octanol–water partition coefficient (Wildman–Crippen LogP) is 1.30. The maximum Gasteiger partial charge on any atom is 0.223 e. The van der Waals surface area contributed by atoms with Gasteiger partial charge in [-0.15, -0.1) is 0 Å². The highest BCUT2D eigenvalue weighted by Gasteiger charge is 2.25. The molecule has 1 amide bonds. The molecular weight excluding hydrogens is 226 g/mol. The second kappa shape index (κ2) is 7.74. The Morgan fingerprint density at radius 2 is 2.00 bits per heavy atom. The summed E-state index contributed by atoms with van der Waals surface area (Å²) in [7, 11) is 3.62. The number of carbonyl (C=O) groups is 1. The van der Waals surface area contributed by atoms with Crippen LogP contribution in [-0.2, 0) is 4.79 Å². The number of likely N-dealkylation sites (tertiary alicyclic amines) is 1. The van der Waals surface area contributed by atoms with Gasteiger partial charge in [0.2, 0.25) is 5.91 Å². The van der Waals surface area contributed by atoms with Crippen molar-refractivity contribution in [1.29, 1.82) is 0 Å². The first-order valence-electron chi connectivity index (χ1n) is 7.22. The van der Waals surface area contributed by atoms with Gasteiger partial charge in [-0.1, -0.05) is 19.8 Å². The molecule has 4 nitrogen and oxygen atoms in total. The van der Waals surface area contributed by atoms with E-state index in [2.05, 4.69) is 11.8 Å². The van der Waals surface area contributed by atoms with Gasteiger partial charge in [0.15, 0.2) is 0 Å². The molecule has 2 N–H and O–H groups in total. The number of hydrogen-bond donors (Lipinski definition) is 1. The Hall–Kier alpha value is -0.610. The normalized spacial score (nSPS) is 19.8. The Labute approximate surface area is 111 Å². The van der Waals surface area contributed by atoms with Crippen molar-refractivity contribution in [3.63, 3.8) is 0 Å². The predicted molar refractivity (Wildman–Crippen MR) is 75.4 cm³/mol. The molecule has 0 radical (unpaired) electrons. The summed E-state index contributed by atoms with van der Waals surface area (Å²) in [6.45, 7) is 5.04. The van der Waals surface area contributed by atoms with Gasteiger partial charge in [-0.05, 0) is 31.8 Å². The minimum atomic E-state index is 0.182. The third-order valence-electron chi connectivity index (χ3n) is 4.04. The molecule has 0 aliphatic carbocycles. The maximum absolute atomic E-state index is 11.8. The highest BCUT2D eigenvalue weighted by molar-refractivity contribution is 5.76. The summed E-state index contributed by atoms with van der Waals surface area (Å²) in [6.07, 6.45) is 5.71. The standard InChI is InChI=1S/C14H29N3O/c1-4-5-12-6-8-17(9-7-12)13(11-15)10-14(18)16(2)3/h12-13H,4-11,15H2,1-3H3. The lowest BCUT2D eigenvalue weighted by atomic mass is 9.91. The van der Waals surface area contributed by atoms with Crippen LogP contribution in [0.4, 0.5) is 0 Å². The lowest BCUT2D eigenvalue weighted by molar-refractivity contribution is -0.130. The van der Waals surface area contributed by atoms with Gasteiger partial charge in [0, 0.05) is 33.1 Å². The molecule has 1 atom stereocenters. The Morgan fingerprint density at radius 1 is 1.39 bits per heavy atom. The fourth-order valence-electron chi connectivity index (χ4n) is 2.76. The lowest BCUT2D eigenvalue weighted by Crippen LogP contribution is -2.47. The number of rotatable bonds is 6. The van der Waals surface area contributed by atoms with Crippen molar-refractivity contribution in [2.75, 3.05) is 33.7 Å². The zero-order chi connectivity index (χ0) is 13.5. The van der Waals surface area contributed by atoms with Crippen molar-refractivity contribution in [3.05, 3.63) is 0 Å². The van der Waals surface area contributed by atoms with Crippen LogP contribution < -0.4 is 5.73 Å². The minimum Gasteiger partial charge on any atom is -0.349 e. The van der Waals surface area contributed by atoms with E-state index in [1.807, 2.05) is 14.1 Å². The molecule has 4 heteroatoms. The van der Waals surface area contributed by atoms with Crippen molar-refractivity contribution in [1.82, 2.24) is 9.80 Å². The summed E-state index contributed by atoms with van der Waals surface area (Å²) in [5, 5.41) is 0. The molecule has 1 unspecified atom stereocenters. The second-order valence-electron chi connectivity index (χ2n) is 5.65. The van der Waals surface area contributed by atoms with Gasteiger partial charge >= 0.3 is 0 Å². The van der Waals surface area contributed by atoms with E-state index < -0.39 is 0 Å². The van der Waals surface area contributed by atoms with Crippen LogP contribution in [0, 0.1) is 5.92 Å². The highest BCUT2D eigenvalue weighted by atomic mass is 16.2. The average molecular weight is 255 g/mol. The largest absolute Gasteiger partial charge is 0.349 e. The summed E-state index contributed by atoms with van der Waals surface area (Å²) in [5.74, 6) is 1.07. The molecule has 0 aromatic carbocycles. The number of carbonyl (C=O) groups excluding carboxylic acids is 1. The first kappa shape index (κ1) is 15.4. The fourth-order valence-corrected chi connectivity index (χ4v) is 2.76. The molecule has 18 heavy (non-hydrogen) atoms. The van der Waals surface area contributed by atoms with E-state index in [9.17, 15) is 4.79 Å². The molecule has 1 heterocycles. The third-order valence-corrected chi connectivity index (χ3v) is 4.04. The van der Waals surface area contributed by atoms with Crippen LogP contribution in [0.2, 0.25) is 0 Å². The number of nitrogens with two attached hydrogens (primary N) is 1. The molecule has 0 aromatic rings. The zero-order valence-electron chi connectivity index (χ0n) is 12.2. The van der Waals surface area contributed by atoms with Gasteiger partial charge in [0.05, 0.1) is 0 Å². The topological polar surface area (TPSA) is 49.6 Å². The fraction of sp³-hybridized carbons (Fsp3) is 0.929. The molecule has 0 bridgehead atoms. The van der Waals surface area contributed by atoms with Crippen LogP contribution in [0.5, 0.6) is 0 Å². The van der Waals surface area contributed by atoms with Gasteiger partial charge in [-0.2, -0.15) is 0 Å². The maximum atomic E-state index is 11.8. The Bertz CT molecular complexity index is 247. The van der Waals surface area contributed by atoms with Crippen molar-refractivity contribution < 1.29 is 4.79 Å². The third kappa shape index (κ3) is 4.58. The van der Waals surface area contributed by atoms with Crippen LogP contribution in [0.15, 0.2) is 0 Å². The molecule has 1 aliphatic heterocycles. The van der Waals surface area contributed by atoms with Gasteiger partial charge < -0.3 is 10.6 Å². The zero-order valence-corrected chi connectivity index (χ0v) is 12.2. The van der Waals surface area contributed by atoms with Crippen molar-refractivity contribution >= 4 is 5.91 Å². The first-order valence-corrected chi connectivity index (χ1v) is 7.22. The summed E-state index contributed by atoms with van der Waals surface area (Å²) < 4.78 is 0. The quantitative estimate of drug-likeness (QED) is 0.778. The molecule has 1 fully saturated rings. The van der Waals surface area contributed by atoms with Crippen LogP contribution in [0.1, 0.15) is 39.0 Å². The van der Waals surface area contributed by atoms with E-state index in [1.54, 1.807) is 4.90 Å². The van der Waals surface area contributed by atoms with Gasteiger partial charge in [0.1, 0.15) is 0 Å². The van der Waals surface area contributed by atoms with E-state index >= 15 is 0 Å². The first-order chi connectivity index (χ1) is 8.58. The summed E-state index contributed by atoms with van der Waals surface area (Å²) in [4.78, 5) is 15.8. The summed E-state index contributed by atoms with van der Waals surface area (Å²) in [5.41, 5.74) is 5.83. The SMILES string of the molecule is CCCC1CCN(C(CN)CC(=O)N(C)C)CC1.